The number of nitriles is 1. The van der Waals surface area contributed by atoms with Crippen LogP contribution in [0.4, 0.5) is 0 Å². The van der Waals surface area contributed by atoms with E-state index in [1.54, 1.807) is 6.07 Å². The van der Waals surface area contributed by atoms with Gasteiger partial charge in [0.15, 0.2) is 0 Å². The molecule has 0 saturated carbocycles. The summed E-state index contributed by atoms with van der Waals surface area (Å²) in [5, 5.41) is 11.4. The lowest BCUT2D eigenvalue weighted by atomic mass is 9.96. The number of hydrogen-bond donors (Lipinski definition) is 2. The number of nitrogens with one attached hydrogen (secondary N) is 1. The number of nitrogens with zero attached hydrogens (tertiary/aromatic N) is 1. The summed E-state index contributed by atoms with van der Waals surface area (Å²) < 4.78 is 0. The van der Waals surface area contributed by atoms with Gasteiger partial charge in [-0.25, -0.2) is 0 Å². The Morgan fingerprint density at radius 3 is 3.00 bits per heavy atom. The molecular formula is C13H17N3O. The second-order valence-corrected chi connectivity index (χ2v) is 3.93. The lowest BCUT2D eigenvalue weighted by molar-refractivity contribution is 0.0954. The van der Waals surface area contributed by atoms with Gasteiger partial charge in [0.2, 0.25) is 0 Å². The number of amides is 1. The van der Waals surface area contributed by atoms with Gasteiger partial charge in [0.05, 0.1) is 6.07 Å². The van der Waals surface area contributed by atoms with Crippen LogP contribution in [0.3, 0.4) is 0 Å². The Kier molecular flexibility index (Phi) is 5.18. The topological polar surface area (TPSA) is 78.9 Å². The van der Waals surface area contributed by atoms with Crippen LogP contribution in [0.1, 0.15) is 35.2 Å². The van der Waals surface area contributed by atoms with Gasteiger partial charge in [-0.05, 0) is 23.6 Å². The fourth-order valence-corrected chi connectivity index (χ4v) is 1.53. The number of rotatable bonds is 5. The molecule has 0 radical (unpaired) electrons. The Bertz CT molecular complexity index is 423. The first kappa shape index (κ1) is 13.2. The van der Waals surface area contributed by atoms with Gasteiger partial charge in [-0.15, -0.1) is 0 Å². The summed E-state index contributed by atoms with van der Waals surface area (Å²) in [5.41, 5.74) is 6.94. The molecule has 1 amide bonds. The summed E-state index contributed by atoms with van der Waals surface area (Å²) in [5.74, 6) is 0.0173. The molecule has 0 spiro atoms. The molecule has 0 aromatic heterocycles. The van der Waals surface area contributed by atoms with Crippen LogP contribution in [-0.4, -0.2) is 19.0 Å². The van der Waals surface area contributed by atoms with Crippen LogP contribution in [0.15, 0.2) is 24.3 Å². The third-order valence-corrected chi connectivity index (χ3v) is 2.55. The molecule has 3 N–H and O–H groups in total. The van der Waals surface area contributed by atoms with Gasteiger partial charge in [-0.3, -0.25) is 4.79 Å². The summed E-state index contributed by atoms with van der Waals surface area (Å²) in [6.45, 7) is 2.87. The average molecular weight is 231 g/mol. The summed E-state index contributed by atoms with van der Waals surface area (Å²) >= 11 is 0. The van der Waals surface area contributed by atoms with Crippen LogP contribution < -0.4 is 11.1 Å². The fraction of sp³-hybridized carbons (Fsp3) is 0.385. The zero-order chi connectivity index (χ0) is 12.7. The van der Waals surface area contributed by atoms with Crippen LogP contribution in [0.25, 0.3) is 0 Å². The van der Waals surface area contributed by atoms with E-state index >= 15 is 0 Å². The highest BCUT2D eigenvalue weighted by Gasteiger charge is 2.09. The van der Waals surface area contributed by atoms with Gasteiger partial charge < -0.3 is 11.1 Å². The molecule has 0 heterocycles. The van der Waals surface area contributed by atoms with Crippen molar-refractivity contribution in [3.05, 3.63) is 35.4 Å². The number of hydrogen-bond acceptors (Lipinski definition) is 3. The SMILES string of the molecule is C[C@H](CC#N)c1cccc(C(=O)NCCN)c1. The third-order valence-electron chi connectivity index (χ3n) is 2.55. The lowest BCUT2D eigenvalue weighted by Crippen LogP contribution is -2.29. The van der Waals surface area contributed by atoms with E-state index in [0.29, 0.717) is 25.1 Å². The zero-order valence-corrected chi connectivity index (χ0v) is 9.94. The monoisotopic (exact) mass is 231 g/mol. The molecule has 90 valence electrons. The van der Waals surface area contributed by atoms with Crippen molar-refractivity contribution in [1.82, 2.24) is 5.32 Å². The molecule has 4 heteroatoms. The average Bonchev–Trinajstić information content (AvgIpc) is 2.36. The molecule has 0 saturated heterocycles. The maximum absolute atomic E-state index is 11.7. The van der Waals surface area contributed by atoms with E-state index in [1.165, 1.54) is 0 Å². The van der Waals surface area contributed by atoms with E-state index in [-0.39, 0.29) is 11.8 Å². The number of carbonyl (C=O) groups excluding carboxylic acids is 1. The van der Waals surface area contributed by atoms with Crippen molar-refractivity contribution in [2.24, 2.45) is 5.73 Å². The van der Waals surface area contributed by atoms with Crippen molar-refractivity contribution in [1.29, 1.82) is 5.26 Å². The van der Waals surface area contributed by atoms with E-state index in [9.17, 15) is 4.79 Å². The summed E-state index contributed by atoms with van der Waals surface area (Å²) in [6, 6.07) is 9.48. The Hall–Kier alpha value is -1.86. The van der Waals surface area contributed by atoms with E-state index in [4.69, 9.17) is 11.0 Å². The maximum Gasteiger partial charge on any atom is 0.251 e. The number of carbonyl (C=O) groups is 1. The van der Waals surface area contributed by atoms with Crippen molar-refractivity contribution in [2.45, 2.75) is 19.3 Å². The second kappa shape index (κ2) is 6.66. The van der Waals surface area contributed by atoms with Gasteiger partial charge >= 0.3 is 0 Å². The van der Waals surface area contributed by atoms with Crippen molar-refractivity contribution in [2.75, 3.05) is 13.1 Å². The largest absolute Gasteiger partial charge is 0.351 e. The minimum absolute atomic E-state index is 0.124. The highest BCUT2D eigenvalue weighted by molar-refractivity contribution is 5.94. The standard InChI is InChI=1S/C13H17N3O/c1-10(5-6-14)11-3-2-4-12(9-11)13(17)16-8-7-15/h2-4,9-10H,5,7-8,15H2,1H3,(H,16,17)/t10-/m1/s1. The van der Waals surface area contributed by atoms with Crippen LogP contribution in [-0.2, 0) is 0 Å². The van der Waals surface area contributed by atoms with Crippen LogP contribution >= 0.6 is 0 Å². The Morgan fingerprint density at radius 2 is 2.35 bits per heavy atom. The number of benzene rings is 1. The summed E-state index contributed by atoms with van der Waals surface area (Å²) in [6.07, 6.45) is 0.452. The number of nitrogens with two attached hydrogens (primary N) is 1. The van der Waals surface area contributed by atoms with E-state index in [0.717, 1.165) is 5.56 Å². The van der Waals surface area contributed by atoms with Gasteiger partial charge in [-0.1, -0.05) is 19.1 Å². The van der Waals surface area contributed by atoms with Crippen molar-refractivity contribution < 1.29 is 4.79 Å². The summed E-state index contributed by atoms with van der Waals surface area (Å²) in [7, 11) is 0. The normalized spacial score (nSPS) is 11.6. The molecule has 0 fully saturated rings. The Labute approximate surface area is 101 Å². The minimum Gasteiger partial charge on any atom is -0.351 e. The van der Waals surface area contributed by atoms with Gasteiger partial charge in [0.1, 0.15) is 0 Å². The molecule has 0 unspecified atom stereocenters. The van der Waals surface area contributed by atoms with Crippen LogP contribution in [0, 0.1) is 11.3 Å². The zero-order valence-electron chi connectivity index (χ0n) is 9.94. The van der Waals surface area contributed by atoms with E-state index in [2.05, 4.69) is 11.4 Å². The van der Waals surface area contributed by atoms with Gasteiger partial charge in [0.25, 0.3) is 5.91 Å². The molecule has 0 aliphatic carbocycles. The molecule has 0 aliphatic heterocycles. The van der Waals surface area contributed by atoms with Crippen LogP contribution in [0.2, 0.25) is 0 Å². The first-order chi connectivity index (χ1) is 8.19. The van der Waals surface area contributed by atoms with Crippen LogP contribution in [0.5, 0.6) is 0 Å². The predicted molar refractivity (Wildman–Crippen MR) is 66.5 cm³/mol. The quantitative estimate of drug-likeness (QED) is 0.803. The third kappa shape index (κ3) is 3.89. The molecule has 1 rings (SSSR count). The molecule has 1 atom stereocenters. The molecule has 17 heavy (non-hydrogen) atoms. The Morgan fingerprint density at radius 1 is 1.59 bits per heavy atom. The van der Waals surface area contributed by atoms with E-state index in [1.807, 2.05) is 25.1 Å². The molecule has 1 aromatic rings. The maximum atomic E-state index is 11.7. The second-order valence-electron chi connectivity index (χ2n) is 3.93. The minimum atomic E-state index is -0.124. The molecule has 4 nitrogen and oxygen atoms in total. The Balaban J connectivity index is 2.79. The highest BCUT2D eigenvalue weighted by atomic mass is 16.1. The first-order valence-electron chi connectivity index (χ1n) is 5.64. The predicted octanol–water partition coefficient (Wildman–Crippen LogP) is 1.39. The lowest BCUT2D eigenvalue weighted by Gasteiger charge is -2.09. The van der Waals surface area contributed by atoms with E-state index < -0.39 is 0 Å². The molecular weight excluding hydrogens is 214 g/mol. The molecule has 1 aromatic carbocycles. The van der Waals surface area contributed by atoms with Crippen molar-refractivity contribution in [3.8, 4) is 6.07 Å². The first-order valence-corrected chi connectivity index (χ1v) is 5.64. The molecule has 0 aliphatic rings. The smallest absolute Gasteiger partial charge is 0.251 e. The summed E-state index contributed by atoms with van der Waals surface area (Å²) in [4.78, 5) is 11.7. The fourth-order valence-electron chi connectivity index (χ4n) is 1.53. The highest BCUT2D eigenvalue weighted by Crippen LogP contribution is 2.19. The van der Waals surface area contributed by atoms with Gasteiger partial charge in [0, 0.05) is 25.1 Å². The van der Waals surface area contributed by atoms with Crippen molar-refractivity contribution >= 4 is 5.91 Å². The van der Waals surface area contributed by atoms with Gasteiger partial charge in [-0.2, -0.15) is 5.26 Å². The molecule has 0 bridgehead atoms. The van der Waals surface area contributed by atoms with Crippen molar-refractivity contribution in [3.63, 3.8) is 0 Å².